The largest absolute Gasteiger partial charge is 0.493 e. The lowest BCUT2D eigenvalue weighted by atomic mass is 10.1. The van der Waals surface area contributed by atoms with Gasteiger partial charge in [-0.1, -0.05) is 6.07 Å². The summed E-state index contributed by atoms with van der Waals surface area (Å²) in [4.78, 5) is 10.8. The quantitative estimate of drug-likeness (QED) is 0.904. The van der Waals surface area contributed by atoms with Gasteiger partial charge < -0.3 is 9.84 Å². The Hall–Kier alpha value is -2.37. The Morgan fingerprint density at radius 2 is 2.22 bits per heavy atom. The molecular weight excluding hydrogens is 239 g/mol. The maximum Gasteiger partial charge on any atom is 0.356 e. The van der Waals surface area contributed by atoms with Crippen molar-refractivity contribution >= 4 is 5.97 Å². The molecule has 0 bridgehead atoms. The summed E-state index contributed by atoms with van der Waals surface area (Å²) < 4.78 is 19.9. The highest BCUT2D eigenvalue weighted by Gasteiger charge is 2.17. The molecule has 1 N–H and O–H groups in total. The normalized spacial score (nSPS) is 10.4. The molecule has 0 aliphatic carbocycles. The molecular formula is C12H11FN2O3. The summed E-state index contributed by atoms with van der Waals surface area (Å²) >= 11 is 0. The maximum atomic E-state index is 13.6. The fourth-order valence-corrected chi connectivity index (χ4v) is 1.74. The number of aromatic carboxylic acids is 1. The second-order valence-corrected chi connectivity index (χ2v) is 3.66. The van der Waals surface area contributed by atoms with Crippen molar-refractivity contribution < 1.29 is 19.0 Å². The van der Waals surface area contributed by atoms with Gasteiger partial charge in [-0.05, 0) is 18.2 Å². The van der Waals surface area contributed by atoms with Gasteiger partial charge in [0.05, 0.1) is 12.8 Å². The van der Waals surface area contributed by atoms with Crippen LogP contribution >= 0.6 is 0 Å². The molecule has 0 aliphatic rings. The van der Waals surface area contributed by atoms with Crippen molar-refractivity contribution in [1.29, 1.82) is 0 Å². The Balaban J connectivity index is 2.62. The predicted octanol–water partition coefficient (Wildman–Crippen LogP) is 1.93. The number of benzene rings is 1. The summed E-state index contributed by atoms with van der Waals surface area (Å²) in [6, 6.07) is 5.82. The lowest BCUT2D eigenvalue weighted by Crippen LogP contribution is -2.00. The molecule has 2 aromatic rings. The molecule has 1 heterocycles. The van der Waals surface area contributed by atoms with Gasteiger partial charge in [-0.15, -0.1) is 0 Å². The minimum Gasteiger partial charge on any atom is -0.493 e. The van der Waals surface area contributed by atoms with Crippen molar-refractivity contribution in [3.8, 4) is 17.0 Å². The molecule has 0 unspecified atom stereocenters. The lowest BCUT2D eigenvalue weighted by Gasteiger charge is -2.08. The fourth-order valence-electron chi connectivity index (χ4n) is 1.74. The van der Waals surface area contributed by atoms with Gasteiger partial charge in [0.2, 0.25) is 0 Å². The van der Waals surface area contributed by atoms with Crippen molar-refractivity contribution in [3.63, 3.8) is 0 Å². The number of nitrogens with zero attached hydrogens (tertiary/aromatic N) is 2. The smallest absolute Gasteiger partial charge is 0.356 e. The standard InChI is InChI=1S/C12H11FN2O3/c1-15-10(6-9(14-15)12(16)17)7-4-3-5-8(13)11(7)18-2/h3-6H,1-2H3,(H,16,17). The van der Waals surface area contributed by atoms with Gasteiger partial charge in [-0.3, -0.25) is 4.68 Å². The Morgan fingerprint density at radius 1 is 1.50 bits per heavy atom. The van der Waals surface area contributed by atoms with E-state index in [2.05, 4.69) is 5.10 Å². The molecule has 6 heteroatoms. The topological polar surface area (TPSA) is 64.3 Å². The highest BCUT2D eigenvalue weighted by molar-refractivity contribution is 5.87. The Kier molecular flexibility index (Phi) is 3.01. The average molecular weight is 250 g/mol. The Morgan fingerprint density at radius 3 is 2.78 bits per heavy atom. The van der Waals surface area contributed by atoms with Gasteiger partial charge >= 0.3 is 5.97 Å². The number of methoxy groups -OCH3 is 1. The van der Waals surface area contributed by atoms with Gasteiger partial charge in [0.1, 0.15) is 0 Å². The number of carboxylic acid groups (broad SMARTS) is 1. The molecule has 0 spiro atoms. The van der Waals surface area contributed by atoms with Gasteiger partial charge in [0, 0.05) is 12.6 Å². The molecule has 1 aromatic carbocycles. The third-order valence-corrected chi connectivity index (χ3v) is 2.55. The SMILES string of the molecule is COc1c(F)cccc1-c1cc(C(=O)O)nn1C. The second kappa shape index (κ2) is 4.48. The van der Waals surface area contributed by atoms with Crippen LogP contribution in [0.3, 0.4) is 0 Å². The highest BCUT2D eigenvalue weighted by Crippen LogP contribution is 2.32. The first-order chi connectivity index (χ1) is 8.54. The van der Waals surface area contributed by atoms with Crippen LogP contribution in [0.25, 0.3) is 11.3 Å². The number of rotatable bonds is 3. The Labute approximate surface area is 102 Å². The van der Waals surface area contributed by atoms with Crippen LogP contribution in [-0.2, 0) is 7.05 Å². The minimum atomic E-state index is -1.13. The molecule has 0 radical (unpaired) electrons. The molecule has 0 amide bonds. The van der Waals surface area contributed by atoms with E-state index < -0.39 is 11.8 Å². The Bertz CT molecular complexity index is 607. The van der Waals surface area contributed by atoms with E-state index in [1.54, 1.807) is 13.1 Å². The first-order valence-corrected chi connectivity index (χ1v) is 5.14. The number of halogens is 1. The molecule has 94 valence electrons. The number of hydrogen-bond acceptors (Lipinski definition) is 3. The summed E-state index contributed by atoms with van der Waals surface area (Å²) in [5.41, 5.74) is 0.836. The van der Waals surface area contributed by atoms with E-state index in [1.165, 1.54) is 30.0 Å². The van der Waals surface area contributed by atoms with Crippen LogP contribution in [0.2, 0.25) is 0 Å². The van der Waals surface area contributed by atoms with Crippen LogP contribution in [0, 0.1) is 5.82 Å². The lowest BCUT2D eigenvalue weighted by molar-refractivity contribution is 0.0689. The van der Waals surface area contributed by atoms with E-state index in [4.69, 9.17) is 9.84 Å². The molecule has 18 heavy (non-hydrogen) atoms. The van der Waals surface area contributed by atoms with Gasteiger partial charge in [-0.25, -0.2) is 9.18 Å². The van der Waals surface area contributed by atoms with E-state index in [1.807, 2.05) is 0 Å². The van der Waals surface area contributed by atoms with Crippen LogP contribution < -0.4 is 4.74 Å². The highest BCUT2D eigenvalue weighted by atomic mass is 19.1. The third-order valence-electron chi connectivity index (χ3n) is 2.55. The van der Waals surface area contributed by atoms with Gasteiger partial charge in [-0.2, -0.15) is 5.10 Å². The number of aromatic nitrogens is 2. The molecule has 2 rings (SSSR count). The first kappa shape index (κ1) is 12.1. The van der Waals surface area contributed by atoms with Crippen LogP contribution in [-0.4, -0.2) is 28.0 Å². The number of para-hydroxylation sites is 1. The third kappa shape index (κ3) is 1.92. The number of carboxylic acids is 1. The van der Waals surface area contributed by atoms with Crippen LogP contribution in [0.4, 0.5) is 4.39 Å². The molecule has 0 aliphatic heterocycles. The first-order valence-electron chi connectivity index (χ1n) is 5.14. The van der Waals surface area contributed by atoms with Crippen molar-refractivity contribution in [2.45, 2.75) is 0 Å². The van der Waals surface area contributed by atoms with E-state index in [0.29, 0.717) is 11.3 Å². The molecule has 1 aromatic heterocycles. The van der Waals surface area contributed by atoms with Gasteiger partial charge in [0.15, 0.2) is 17.3 Å². The fraction of sp³-hybridized carbons (Fsp3) is 0.167. The number of ether oxygens (including phenoxy) is 1. The monoisotopic (exact) mass is 250 g/mol. The van der Waals surface area contributed by atoms with E-state index >= 15 is 0 Å². The molecule has 0 saturated carbocycles. The molecule has 0 atom stereocenters. The predicted molar refractivity (Wildman–Crippen MR) is 62.1 cm³/mol. The maximum absolute atomic E-state index is 13.6. The summed E-state index contributed by atoms with van der Waals surface area (Å²) in [5.74, 6) is -1.57. The van der Waals surface area contributed by atoms with Crippen molar-refractivity contribution in [1.82, 2.24) is 9.78 Å². The van der Waals surface area contributed by atoms with E-state index in [-0.39, 0.29) is 11.4 Å². The molecule has 0 saturated heterocycles. The zero-order valence-corrected chi connectivity index (χ0v) is 9.85. The minimum absolute atomic E-state index is 0.0671. The van der Waals surface area contributed by atoms with Crippen molar-refractivity contribution in [3.05, 3.63) is 35.8 Å². The van der Waals surface area contributed by atoms with Crippen LogP contribution in [0.15, 0.2) is 24.3 Å². The van der Waals surface area contributed by atoms with Crippen LogP contribution in [0.5, 0.6) is 5.75 Å². The van der Waals surface area contributed by atoms with E-state index in [0.717, 1.165) is 0 Å². The van der Waals surface area contributed by atoms with Crippen molar-refractivity contribution in [2.24, 2.45) is 7.05 Å². The summed E-state index contributed by atoms with van der Waals surface area (Å²) in [7, 11) is 2.95. The zero-order chi connectivity index (χ0) is 13.3. The number of aryl methyl sites for hydroxylation is 1. The summed E-state index contributed by atoms with van der Waals surface area (Å²) in [6.45, 7) is 0. The van der Waals surface area contributed by atoms with Crippen LogP contribution in [0.1, 0.15) is 10.5 Å². The van der Waals surface area contributed by atoms with Gasteiger partial charge in [0.25, 0.3) is 0 Å². The average Bonchev–Trinajstić information content (AvgIpc) is 2.71. The second-order valence-electron chi connectivity index (χ2n) is 3.66. The summed E-state index contributed by atoms with van der Waals surface area (Å²) in [5, 5.41) is 12.7. The zero-order valence-electron chi connectivity index (χ0n) is 9.85. The number of carbonyl (C=O) groups is 1. The summed E-state index contributed by atoms with van der Waals surface area (Å²) in [6.07, 6.45) is 0. The van der Waals surface area contributed by atoms with Crippen molar-refractivity contribution in [2.75, 3.05) is 7.11 Å². The molecule has 0 fully saturated rings. The molecule has 5 nitrogen and oxygen atoms in total. The number of hydrogen-bond donors (Lipinski definition) is 1. The van der Waals surface area contributed by atoms with E-state index in [9.17, 15) is 9.18 Å².